The number of hydrogen-bond acceptors (Lipinski definition) is 4. The van der Waals surface area contributed by atoms with E-state index in [1.807, 2.05) is 30.3 Å². The van der Waals surface area contributed by atoms with Crippen LogP contribution in [0.2, 0.25) is 0 Å². The molecule has 0 radical (unpaired) electrons. The highest BCUT2D eigenvalue weighted by Crippen LogP contribution is 2.24. The van der Waals surface area contributed by atoms with E-state index in [1.165, 1.54) is 24.8 Å². The van der Waals surface area contributed by atoms with Gasteiger partial charge >= 0.3 is 0 Å². The molecular formula is C23H33N5O2. The van der Waals surface area contributed by atoms with Gasteiger partial charge in [0.25, 0.3) is 0 Å². The lowest BCUT2D eigenvalue weighted by atomic mass is 10.1. The van der Waals surface area contributed by atoms with E-state index in [-0.39, 0.29) is 18.5 Å². The van der Waals surface area contributed by atoms with Gasteiger partial charge in [-0.3, -0.25) is 14.7 Å². The molecule has 162 valence electrons. The Balaban J connectivity index is 1.42. The Morgan fingerprint density at radius 3 is 2.57 bits per heavy atom. The highest BCUT2D eigenvalue weighted by molar-refractivity contribution is 5.86. The number of nitrogens with zero attached hydrogens (tertiary/aromatic N) is 2. The molecule has 3 N–H and O–H groups in total. The standard InChI is InChI=1S/C23H33N5O2/c1-24-23(27-18-22(29)25-13-12-19-9-4-2-5-10-19)26-17-20(21-11-8-16-30-21)28-14-6-3-7-15-28/h2,4-5,8-11,16,20H,3,6-7,12-15,17-18H2,1H3,(H,25,29)(H2,24,26,27). The number of guanidine groups is 1. The third-order valence-electron chi connectivity index (χ3n) is 5.38. The maximum atomic E-state index is 12.1. The number of piperidine rings is 1. The molecule has 1 atom stereocenters. The van der Waals surface area contributed by atoms with Crippen molar-refractivity contribution < 1.29 is 9.21 Å². The molecule has 3 rings (SSSR count). The van der Waals surface area contributed by atoms with E-state index in [2.05, 4.69) is 38.0 Å². The van der Waals surface area contributed by atoms with Gasteiger partial charge in [-0.15, -0.1) is 0 Å². The van der Waals surface area contributed by atoms with Gasteiger partial charge < -0.3 is 20.4 Å². The number of amides is 1. The average Bonchev–Trinajstić information content (AvgIpc) is 3.32. The van der Waals surface area contributed by atoms with Gasteiger partial charge in [-0.1, -0.05) is 36.8 Å². The van der Waals surface area contributed by atoms with Crippen LogP contribution in [0, 0.1) is 0 Å². The van der Waals surface area contributed by atoms with Crippen LogP contribution in [0.3, 0.4) is 0 Å². The van der Waals surface area contributed by atoms with Crippen LogP contribution in [0.4, 0.5) is 0 Å². The summed E-state index contributed by atoms with van der Waals surface area (Å²) in [5, 5.41) is 9.39. The molecule has 2 aromatic rings. The first-order chi connectivity index (χ1) is 14.8. The van der Waals surface area contributed by atoms with Crippen molar-refractivity contribution in [3.63, 3.8) is 0 Å². The van der Waals surface area contributed by atoms with Crippen molar-refractivity contribution in [2.45, 2.75) is 31.7 Å². The Labute approximate surface area is 178 Å². The quantitative estimate of drug-likeness (QED) is 0.436. The number of furan rings is 1. The molecule has 1 aromatic heterocycles. The number of nitrogens with one attached hydrogen (secondary N) is 3. The average molecular weight is 412 g/mol. The van der Waals surface area contributed by atoms with Crippen LogP contribution in [0.1, 0.15) is 36.6 Å². The van der Waals surface area contributed by atoms with Crippen LogP contribution < -0.4 is 16.0 Å². The van der Waals surface area contributed by atoms with Crippen molar-refractivity contribution in [1.29, 1.82) is 0 Å². The number of hydrogen-bond donors (Lipinski definition) is 3. The topological polar surface area (TPSA) is 81.9 Å². The van der Waals surface area contributed by atoms with E-state index in [1.54, 1.807) is 13.3 Å². The fourth-order valence-electron chi connectivity index (χ4n) is 3.75. The first-order valence-electron chi connectivity index (χ1n) is 10.8. The van der Waals surface area contributed by atoms with Gasteiger partial charge in [-0.05, 0) is 50.0 Å². The zero-order chi connectivity index (χ0) is 21.0. The summed E-state index contributed by atoms with van der Waals surface area (Å²) in [5.74, 6) is 1.52. The summed E-state index contributed by atoms with van der Waals surface area (Å²) in [6.45, 7) is 3.62. The first-order valence-corrected chi connectivity index (χ1v) is 10.8. The second kappa shape index (κ2) is 12.0. The predicted octanol–water partition coefficient (Wildman–Crippen LogP) is 2.33. The summed E-state index contributed by atoms with van der Waals surface area (Å²) < 4.78 is 5.69. The monoisotopic (exact) mass is 411 g/mol. The SMILES string of the molecule is CN=C(NCC(=O)NCCc1ccccc1)NCC(c1ccco1)N1CCCCC1. The molecule has 1 aliphatic heterocycles. The van der Waals surface area contributed by atoms with Gasteiger partial charge in [0.15, 0.2) is 5.96 Å². The summed E-state index contributed by atoms with van der Waals surface area (Å²) in [6.07, 6.45) is 6.26. The van der Waals surface area contributed by atoms with Crippen molar-refractivity contribution >= 4 is 11.9 Å². The van der Waals surface area contributed by atoms with E-state index >= 15 is 0 Å². The molecule has 7 heteroatoms. The third-order valence-corrected chi connectivity index (χ3v) is 5.38. The zero-order valence-corrected chi connectivity index (χ0v) is 17.8. The second-order valence-corrected chi connectivity index (χ2v) is 7.52. The fraction of sp³-hybridized carbons (Fsp3) is 0.478. The van der Waals surface area contributed by atoms with Gasteiger partial charge in [0.05, 0.1) is 18.8 Å². The molecule has 1 amide bonds. The van der Waals surface area contributed by atoms with E-state index < -0.39 is 0 Å². The summed E-state index contributed by atoms with van der Waals surface area (Å²) >= 11 is 0. The lowest BCUT2D eigenvalue weighted by Crippen LogP contribution is -2.47. The lowest BCUT2D eigenvalue weighted by Gasteiger charge is -2.33. The van der Waals surface area contributed by atoms with Gasteiger partial charge in [0.1, 0.15) is 5.76 Å². The smallest absolute Gasteiger partial charge is 0.239 e. The molecule has 1 aliphatic rings. The molecule has 30 heavy (non-hydrogen) atoms. The summed E-state index contributed by atoms with van der Waals surface area (Å²) in [4.78, 5) is 18.9. The molecule has 0 spiro atoms. The Kier molecular flexibility index (Phi) is 8.78. The Morgan fingerprint density at radius 1 is 1.07 bits per heavy atom. The van der Waals surface area contributed by atoms with Gasteiger partial charge in [0, 0.05) is 20.1 Å². The summed E-state index contributed by atoms with van der Waals surface area (Å²) in [6, 6.07) is 14.2. The second-order valence-electron chi connectivity index (χ2n) is 7.52. The molecule has 1 saturated heterocycles. The Hall–Kier alpha value is -2.80. The van der Waals surface area contributed by atoms with E-state index in [0.29, 0.717) is 19.0 Å². The van der Waals surface area contributed by atoms with Gasteiger partial charge in [-0.2, -0.15) is 0 Å². The number of carbonyl (C=O) groups is 1. The molecule has 0 aliphatic carbocycles. The van der Waals surface area contributed by atoms with Crippen molar-refractivity contribution in [2.75, 3.05) is 39.8 Å². The van der Waals surface area contributed by atoms with Gasteiger partial charge in [0.2, 0.25) is 5.91 Å². The summed E-state index contributed by atoms with van der Waals surface area (Å²) in [7, 11) is 1.71. The number of benzene rings is 1. The minimum absolute atomic E-state index is 0.0486. The van der Waals surface area contributed by atoms with Gasteiger partial charge in [-0.25, -0.2) is 0 Å². The van der Waals surface area contributed by atoms with Crippen LogP contribution in [0.5, 0.6) is 0 Å². The van der Waals surface area contributed by atoms with Crippen LogP contribution in [0.25, 0.3) is 0 Å². The Bertz CT molecular complexity index is 770. The largest absolute Gasteiger partial charge is 0.468 e. The molecule has 2 heterocycles. The molecule has 0 bridgehead atoms. The minimum Gasteiger partial charge on any atom is -0.468 e. The molecule has 0 saturated carbocycles. The van der Waals surface area contributed by atoms with Crippen molar-refractivity contribution in [3.8, 4) is 0 Å². The number of aliphatic imine (C=N–C) groups is 1. The molecule has 1 fully saturated rings. The van der Waals surface area contributed by atoms with Crippen LogP contribution in [-0.2, 0) is 11.2 Å². The van der Waals surface area contributed by atoms with E-state index in [0.717, 1.165) is 25.3 Å². The molecule has 1 aromatic carbocycles. The first kappa shape index (κ1) is 21.9. The number of rotatable bonds is 9. The molecule has 7 nitrogen and oxygen atoms in total. The minimum atomic E-state index is -0.0486. The number of likely N-dealkylation sites (tertiary alicyclic amines) is 1. The van der Waals surface area contributed by atoms with Crippen molar-refractivity contribution in [1.82, 2.24) is 20.9 Å². The van der Waals surface area contributed by atoms with Crippen molar-refractivity contribution in [3.05, 3.63) is 60.1 Å². The van der Waals surface area contributed by atoms with E-state index in [4.69, 9.17) is 4.42 Å². The normalized spacial score (nSPS) is 16.1. The predicted molar refractivity (Wildman–Crippen MR) is 119 cm³/mol. The Morgan fingerprint density at radius 2 is 1.87 bits per heavy atom. The lowest BCUT2D eigenvalue weighted by molar-refractivity contribution is -0.119. The zero-order valence-electron chi connectivity index (χ0n) is 17.8. The highest BCUT2D eigenvalue weighted by Gasteiger charge is 2.24. The third kappa shape index (κ3) is 6.91. The van der Waals surface area contributed by atoms with E-state index in [9.17, 15) is 4.79 Å². The van der Waals surface area contributed by atoms with Crippen LogP contribution in [-0.4, -0.2) is 56.5 Å². The maximum Gasteiger partial charge on any atom is 0.239 e. The highest BCUT2D eigenvalue weighted by atomic mass is 16.3. The number of carbonyl (C=O) groups excluding carboxylic acids is 1. The maximum absolute atomic E-state index is 12.1. The summed E-state index contributed by atoms with van der Waals surface area (Å²) in [5.41, 5.74) is 1.21. The van der Waals surface area contributed by atoms with Crippen LogP contribution in [0.15, 0.2) is 58.1 Å². The fourth-order valence-corrected chi connectivity index (χ4v) is 3.75. The molecule has 1 unspecified atom stereocenters. The van der Waals surface area contributed by atoms with Crippen LogP contribution >= 0.6 is 0 Å². The van der Waals surface area contributed by atoms with Crippen molar-refractivity contribution in [2.24, 2.45) is 4.99 Å². The molecular weight excluding hydrogens is 378 g/mol.